The van der Waals surface area contributed by atoms with Crippen molar-refractivity contribution < 1.29 is 9.15 Å². The zero-order chi connectivity index (χ0) is 15.2. The highest BCUT2D eigenvalue weighted by Crippen LogP contribution is 2.20. The van der Waals surface area contributed by atoms with Crippen LogP contribution in [0.2, 0.25) is 0 Å². The molecule has 0 aromatic carbocycles. The molecule has 0 fully saturated rings. The second-order valence-electron chi connectivity index (χ2n) is 7.18. The standard InChI is InChI=1S/C17H31NO2/c1-13(2)10-18-11-16-9-15(14(3)20-16)12-19-8-7-17(4,5)6/h9,13,18H,7-8,10-12H2,1-6H3. The number of hydrogen-bond donors (Lipinski definition) is 1. The predicted molar refractivity (Wildman–Crippen MR) is 83.7 cm³/mol. The molecular formula is C17H31NO2. The molecule has 1 heterocycles. The first-order valence-corrected chi connectivity index (χ1v) is 7.64. The number of furan rings is 1. The molecule has 1 N–H and O–H groups in total. The van der Waals surface area contributed by atoms with Crippen LogP contribution in [0.3, 0.4) is 0 Å². The summed E-state index contributed by atoms with van der Waals surface area (Å²) in [5.41, 5.74) is 1.50. The fourth-order valence-electron chi connectivity index (χ4n) is 1.86. The van der Waals surface area contributed by atoms with Crippen molar-refractivity contribution in [3.63, 3.8) is 0 Å². The Balaban J connectivity index is 2.34. The van der Waals surface area contributed by atoms with Gasteiger partial charge in [0.1, 0.15) is 11.5 Å². The molecule has 0 spiro atoms. The first kappa shape index (κ1) is 17.3. The number of ether oxygens (including phenoxy) is 1. The van der Waals surface area contributed by atoms with Crippen LogP contribution in [0, 0.1) is 18.3 Å². The Bertz CT molecular complexity index is 388. The molecule has 3 nitrogen and oxygen atoms in total. The fourth-order valence-corrected chi connectivity index (χ4v) is 1.86. The molecule has 0 saturated heterocycles. The summed E-state index contributed by atoms with van der Waals surface area (Å²) >= 11 is 0. The lowest BCUT2D eigenvalue weighted by Crippen LogP contribution is -2.18. The molecule has 3 heteroatoms. The normalized spacial score (nSPS) is 12.3. The molecule has 0 aliphatic carbocycles. The molecule has 0 unspecified atom stereocenters. The Morgan fingerprint density at radius 2 is 2.00 bits per heavy atom. The van der Waals surface area contributed by atoms with Crippen molar-refractivity contribution in [2.24, 2.45) is 11.3 Å². The maximum atomic E-state index is 5.75. The second-order valence-corrected chi connectivity index (χ2v) is 7.18. The fraction of sp³-hybridized carbons (Fsp3) is 0.765. The van der Waals surface area contributed by atoms with E-state index in [1.807, 2.05) is 6.92 Å². The molecule has 20 heavy (non-hydrogen) atoms. The van der Waals surface area contributed by atoms with Gasteiger partial charge in [-0.3, -0.25) is 0 Å². The molecule has 1 aromatic heterocycles. The summed E-state index contributed by atoms with van der Waals surface area (Å²) in [5, 5.41) is 3.39. The quantitative estimate of drug-likeness (QED) is 0.722. The molecule has 0 amide bonds. The highest BCUT2D eigenvalue weighted by atomic mass is 16.5. The van der Waals surface area contributed by atoms with Gasteiger partial charge in [0.15, 0.2) is 0 Å². The molecule has 0 saturated carbocycles. The molecule has 0 atom stereocenters. The van der Waals surface area contributed by atoms with Gasteiger partial charge in [-0.1, -0.05) is 34.6 Å². The van der Waals surface area contributed by atoms with E-state index < -0.39 is 0 Å². The molecule has 0 radical (unpaired) electrons. The highest BCUT2D eigenvalue weighted by Gasteiger charge is 2.11. The van der Waals surface area contributed by atoms with Crippen molar-refractivity contribution in [3.8, 4) is 0 Å². The number of rotatable bonds is 8. The van der Waals surface area contributed by atoms with Gasteiger partial charge in [0, 0.05) is 12.2 Å². The van der Waals surface area contributed by atoms with Gasteiger partial charge < -0.3 is 14.5 Å². The van der Waals surface area contributed by atoms with E-state index in [4.69, 9.17) is 9.15 Å². The minimum atomic E-state index is 0.331. The van der Waals surface area contributed by atoms with Crippen molar-refractivity contribution in [3.05, 3.63) is 23.2 Å². The Hall–Kier alpha value is -0.800. The molecule has 1 rings (SSSR count). The molecule has 0 bridgehead atoms. The van der Waals surface area contributed by atoms with Crippen LogP contribution in [-0.2, 0) is 17.9 Å². The number of hydrogen-bond acceptors (Lipinski definition) is 3. The van der Waals surface area contributed by atoms with E-state index in [1.54, 1.807) is 0 Å². The third-order valence-corrected chi connectivity index (χ3v) is 3.18. The molecule has 116 valence electrons. The zero-order valence-corrected chi connectivity index (χ0v) is 14.0. The van der Waals surface area contributed by atoms with Gasteiger partial charge in [0.05, 0.1) is 13.2 Å². The minimum Gasteiger partial charge on any atom is -0.465 e. The summed E-state index contributed by atoms with van der Waals surface area (Å²) in [6, 6.07) is 2.11. The van der Waals surface area contributed by atoms with Gasteiger partial charge in [-0.15, -0.1) is 0 Å². The molecule has 0 aliphatic rings. The van der Waals surface area contributed by atoms with E-state index >= 15 is 0 Å². The van der Waals surface area contributed by atoms with Crippen molar-refractivity contribution in [2.75, 3.05) is 13.2 Å². The van der Waals surface area contributed by atoms with Crippen LogP contribution in [0.25, 0.3) is 0 Å². The van der Waals surface area contributed by atoms with Crippen molar-refractivity contribution in [2.45, 2.75) is 61.1 Å². The van der Waals surface area contributed by atoms with Crippen LogP contribution >= 0.6 is 0 Å². The van der Waals surface area contributed by atoms with E-state index in [0.717, 1.165) is 37.6 Å². The number of aryl methyl sites for hydroxylation is 1. The third kappa shape index (κ3) is 7.11. The summed E-state index contributed by atoms with van der Waals surface area (Å²) in [6.45, 7) is 16.4. The molecular weight excluding hydrogens is 250 g/mol. The van der Waals surface area contributed by atoms with Crippen LogP contribution < -0.4 is 5.32 Å². The van der Waals surface area contributed by atoms with E-state index in [2.05, 4.69) is 46.0 Å². The van der Waals surface area contributed by atoms with Gasteiger partial charge in [0.25, 0.3) is 0 Å². The van der Waals surface area contributed by atoms with Crippen LogP contribution in [0.15, 0.2) is 10.5 Å². The summed E-state index contributed by atoms with van der Waals surface area (Å²) in [5.74, 6) is 2.63. The molecule has 1 aromatic rings. The zero-order valence-electron chi connectivity index (χ0n) is 14.0. The summed E-state index contributed by atoms with van der Waals surface area (Å²) in [4.78, 5) is 0. The monoisotopic (exact) mass is 281 g/mol. The second kappa shape index (κ2) is 7.84. The van der Waals surface area contributed by atoms with Crippen molar-refractivity contribution in [1.82, 2.24) is 5.32 Å². The summed E-state index contributed by atoms with van der Waals surface area (Å²) in [6.07, 6.45) is 1.08. The number of nitrogens with one attached hydrogen (secondary N) is 1. The van der Waals surface area contributed by atoms with Gasteiger partial charge in [-0.2, -0.15) is 0 Å². The van der Waals surface area contributed by atoms with Gasteiger partial charge in [0.2, 0.25) is 0 Å². The van der Waals surface area contributed by atoms with Crippen LogP contribution in [-0.4, -0.2) is 13.2 Å². The third-order valence-electron chi connectivity index (χ3n) is 3.18. The SMILES string of the molecule is Cc1oc(CNCC(C)C)cc1COCCC(C)(C)C. The lowest BCUT2D eigenvalue weighted by Gasteiger charge is -2.17. The average Bonchev–Trinajstić information content (AvgIpc) is 2.64. The van der Waals surface area contributed by atoms with Crippen LogP contribution in [0.4, 0.5) is 0 Å². The van der Waals surface area contributed by atoms with Gasteiger partial charge in [-0.25, -0.2) is 0 Å². The Labute approximate surface area is 124 Å². The first-order chi connectivity index (χ1) is 9.28. The Morgan fingerprint density at radius 3 is 2.60 bits per heavy atom. The van der Waals surface area contributed by atoms with Crippen LogP contribution in [0.1, 0.15) is 58.1 Å². The lowest BCUT2D eigenvalue weighted by atomic mass is 9.93. The summed E-state index contributed by atoms with van der Waals surface area (Å²) < 4.78 is 11.5. The molecule has 0 aliphatic heterocycles. The van der Waals surface area contributed by atoms with E-state index in [1.165, 1.54) is 5.56 Å². The van der Waals surface area contributed by atoms with Gasteiger partial charge in [-0.05, 0) is 37.3 Å². The van der Waals surface area contributed by atoms with Crippen molar-refractivity contribution >= 4 is 0 Å². The Morgan fingerprint density at radius 1 is 1.30 bits per heavy atom. The smallest absolute Gasteiger partial charge is 0.118 e. The van der Waals surface area contributed by atoms with E-state index in [9.17, 15) is 0 Å². The first-order valence-electron chi connectivity index (χ1n) is 7.64. The van der Waals surface area contributed by atoms with Gasteiger partial charge >= 0.3 is 0 Å². The van der Waals surface area contributed by atoms with Crippen molar-refractivity contribution in [1.29, 1.82) is 0 Å². The topological polar surface area (TPSA) is 34.4 Å². The lowest BCUT2D eigenvalue weighted by molar-refractivity contribution is 0.0954. The van der Waals surface area contributed by atoms with Crippen LogP contribution in [0.5, 0.6) is 0 Å². The predicted octanol–water partition coefficient (Wildman–Crippen LogP) is 4.29. The largest absolute Gasteiger partial charge is 0.465 e. The summed E-state index contributed by atoms with van der Waals surface area (Å²) in [7, 11) is 0. The maximum Gasteiger partial charge on any atom is 0.118 e. The highest BCUT2D eigenvalue weighted by molar-refractivity contribution is 5.19. The average molecular weight is 281 g/mol. The maximum absolute atomic E-state index is 5.75. The Kier molecular flexibility index (Phi) is 6.77. The van der Waals surface area contributed by atoms with E-state index in [-0.39, 0.29) is 0 Å². The minimum absolute atomic E-state index is 0.331. The van der Waals surface area contributed by atoms with E-state index in [0.29, 0.717) is 17.9 Å².